The van der Waals surface area contributed by atoms with Gasteiger partial charge in [-0.25, -0.2) is 4.79 Å². The van der Waals surface area contributed by atoms with E-state index in [1.807, 2.05) is 18.2 Å². The molecule has 0 aliphatic carbocycles. The second-order valence-corrected chi connectivity index (χ2v) is 7.78. The molecule has 2 aromatic rings. The minimum absolute atomic E-state index is 0.0883. The maximum atomic E-state index is 12.0. The van der Waals surface area contributed by atoms with Crippen LogP contribution < -0.4 is 0 Å². The minimum atomic E-state index is -0.689. The first-order valence-electron chi connectivity index (χ1n) is 5.98. The molecule has 0 unspecified atom stereocenters. The number of carbonyl (C=O) groups excluding carboxylic acids is 3. The Bertz CT molecular complexity index is 720. The summed E-state index contributed by atoms with van der Waals surface area (Å²) in [7, 11) is 0. The van der Waals surface area contributed by atoms with Crippen molar-refractivity contribution in [3.05, 3.63) is 32.9 Å². The van der Waals surface area contributed by atoms with E-state index in [1.54, 1.807) is 17.4 Å². The molecule has 2 amide bonds. The van der Waals surface area contributed by atoms with Crippen molar-refractivity contribution in [2.24, 2.45) is 0 Å². The van der Waals surface area contributed by atoms with Gasteiger partial charge in [0.1, 0.15) is 4.88 Å². The summed E-state index contributed by atoms with van der Waals surface area (Å²) in [6.07, 6.45) is 0.177. The number of amides is 2. The number of hydroxylamine groups is 2. The Morgan fingerprint density at radius 3 is 2.29 bits per heavy atom. The molecule has 0 bridgehead atoms. The van der Waals surface area contributed by atoms with Crippen molar-refractivity contribution in [1.29, 1.82) is 0 Å². The number of imide groups is 1. The fraction of sp³-hybridized carbons (Fsp3) is 0.154. The van der Waals surface area contributed by atoms with Crippen LogP contribution in [0.3, 0.4) is 0 Å². The van der Waals surface area contributed by atoms with Gasteiger partial charge in [0.15, 0.2) is 0 Å². The Morgan fingerprint density at radius 2 is 1.67 bits per heavy atom. The van der Waals surface area contributed by atoms with E-state index in [9.17, 15) is 14.4 Å². The predicted molar refractivity (Wildman–Crippen MR) is 81.8 cm³/mol. The van der Waals surface area contributed by atoms with Crippen molar-refractivity contribution >= 4 is 56.4 Å². The van der Waals surface area contributed by atoms with Crippen molar-refractivity contribution in [2.45, 2.75) is 12.8 Å². The normalized spacial score (nSPS) is 14.8. The van der Waals surface area contributed by atoms with Gasteiger partial charge in [0.2, 0.25) is 0 Å². The molecular formula is C13H8BrNO4S2. The van der Waals surface area contributed by atoms with Gasteiger partial charge in [-0.05, 0) is 40.2 Å². The predicted octanol–water partition coefficient (Wildman–Crippen LogP) is 3.46. The number of nitrogens with zero attached hydrogens (tertiary/aromatic N) is 1. The molecule has 0 N–H and O–H groups in total. The van der Waals surface area contributed by atoms with Crippen molar-refractivity contribution in [3.63, 3.8) is 0 Å². The molecular weight excluding hydrogens is 378 g/mol. The maximum Gasteiger partial charge on any atom is 0.373 e. The highest BCUT2D eigenvalue weighted by atomic mass is 79.9. The molecule has 1 fully saturated rings. The number of rotatable bonds is 3. The molecule has 5 nitrogen and oxygen atoms in total. The lowest BCUT2D eigenvalue weighted by atomic mass is 10.4. The molecule has 0 radical (unpaired) electrons. The van der Waals surface area contributed by atoms with E-state index in [1.165, 1.54) is 11.3 Å². The van der Waals surface area contributed by atoms with Crippen LogP contribution in [-0.2, 0) is 14.4 Å². The summed E-state index contributed by atoms with van der Waals surface area (Å²) in [4.78, 5) is 42.0. The first-order chi connectivity index (χ1) is 10.0. The second-order valence-electron chi connectivity index (χ2n) is 4.23. The molecule has 1 aliphatic rings. The van der Waals surface area contributed by atoms with Gasteiger partial charge in [-0.1, -0.05) is 0 Å². The molecule has 3 heterocycles. The summed E-state index contributed by atoms with van der Waals surface area (Å²) in [5.41, 5.74) is 0. The van der Waals surface area contributed by atoms with Gasteiger partial charge in [-0.3, -0.25) is 9.59 Å². The van der Waals surface area contributed by atoms with Gasteiger partial charge < -0.3 is 4.84 Å². The molecule has 0 spiro atoms. The quantitative estimate of drug-likeness (QED) is 0.758. The van der Waals surface area contributed by atoms with Gasteiger partial charge in [0.25, 0.3) is 11.8 Å². The summed E-state index contributed by atoms with van der Waals surface area (Å²) >= 11 is 6.20. The van der Waals surface area contributed by atoms with Gasteiger partial charge >= 0.3 is 5.97 Å². The van der Waals surface area contributed by atoms with Crippen LogP contribution >= 0.6 is 38.6 Å². The molecule has 1 aliphatic heterocycles. The average molecular weight is 386 g/mol. The molecule has 1 saturated heterocycles. The van der Waals surface area contributed by atoms with Crippen LogP contribution in [0.15, 0.2) is 28.1 Å². The fourth-order valence-electron chi connectivity index (χ4n) is 1.81. The van der Waals surface area contributed by atoms with E-state index in [0.29, 0.717) is 9.94 Å². The highest BCUT2D eigenvalue weighted by Crippen LogP contribution is 2.35. The third-order valence-electron chi connectivity index (χ3n) is 2.80. The van der Waals surface area contributed by atoms with E-state index < -0.39 is 17.8 Å². The molecule has 0 atom stereocenters. The SMILES string of the molecule is O=C(ON1C(=O)CCC1=O)c1ccc(-c2ccc(Br)s2)s1. The van der Waals surface area contributed by atoms with Crippen molar-refractivity contribution < 1.29 is 19.2 Å². The van der Waals surface area contributed by atoms with Crippen molar-refractivity contribution in [1.82, 2.24) is 5.06 Å². The minimum Gasteiger partial charge on any atom is -0.324 e. The lowest BCUT2D eigenvalue weighted by Gasteiger charge is -2.11. The maximum absolute atomic E-state index is 12.0. The Kier molecular flexibility index (Phi) is 3.92. The summed E-state index contributed by atoms with van der Waals surface area (Å²) < 4.78 is 1.00. The van der Waals surface area contributed by atoms with Crippen LogP contribution in [0.25, 0.3) is 9.75 Å². The Hall–Kier alpha value is -1.51. The van der Waals surface area contributed by atoms with E-state index in [0.717, 1.165) is 13.5 Å². The molecule has 0 saturated carbocycles. The summed E-state index contributed by atoms with van der Waals surface area (Å²) in [5, 5.41) is 0.559. The Labute approximate surface area is 136 Å². The van der Waals surface area contributed by atoms with E-state index >= 15 is 0 Å². The second kappa shape index (κ2) is 5.70. The van der Waals surface area contributed by atoms with E-state index in [2.05, 4.69) is 15.9 Å². The van der Waals surface area contributed by atoms with Gasteiger partial charge in [-0.15, -0.1) is 27.7 Å². The number of thiophene rings is 2. The van der Waals surface area contributed by atoms with Crippen LogP contribution in [0.5, 0.6) is 0 Å². The van der Waals surface area contributed by atoms with Crippen LogP contribution in [0.2, 0.25) is 0 Å². The van der Waals surface area contributed by atoms with E-state index in [-0.39, 0.29) is 12.8 Å². The zero-order valence-electron chi connectivity index (χ0n) is 10.5. The third kappa shape index (κ3) is 2.92. The van der Waals surface area contributed by atoms with Crippen LogP contribution in [0, 0.1) is 0 Å². The summed E-state index contributed by atoms with van der Waals surface area (Å²) in [5.74, 6) is -1.65. The van der Waals surface area contributed by atoms with Crippen LogP contribution in [0.4, 0.5) is 0 Å². The highest BCUT2D eigenvalue weighted by molar-refractivity contribution is 9.11. The fourth-order valence-corrected chi connectivity index (χ4v) is 4.17. The Morgan fingerprint density at radius 1 is 1.05 bits per heavy atom. The zero-order valence-corrected chi connectivity index (χ0v) is 13.7. The Balaban J connectivity index is 1.75. The van der Waals surface area contributed by atoms with Crippen LogP contribution in [0.1, 0.15) is 22.5 Å². The van der Waals surface area contributed by atoms with Gasteiger partial charge in [-0.2, -0.15) is 0 Å². The van der Waals surface area contributed by atoms with Crippen LogP contribution in [-0.4, -0.2) is 22.8 Å². The largest absolute Gasteiger partial charge is 0.373 e. The monoisotopic (exact) mass is 385 g/mol. The van der Waals surface area contributed by atoms with E-state index in [4.69, 9.17) is 4.84 Å². The topological polar surface area (TPSA) is 63.7 Å². The number of halogens is 1. The molecule has 8 heteroatoms. The number of carbonyl (C=O) groups is 3. The molecule has 0 aromatic carbocycles. The standard InChI is InChI=1S/C13H8BrNO4S2/c14-10-4-3-8(21-10)7-1-2-9(20-7)13(18)19-15-11(16)5-6-12(15)17/h1-4H,5-6H2. The van der Waals surface area contributed by atoms with Gasteiger partial charge in [0, 0.05) is 22.6 Å². The lowest BCUT2D eigenvalue weighted by Crippen LogP contribution is -2.31. The van der Waals surface area contributed by atoms with Crippen molar-refractivity contribution in [2.75, 3.05) is 0 Å². The smallest absolute Gasteiger partial charge is 0.324 e. The molecule has 21 heavy (non-hydrogen) atoms. The highest BCUT2D eigenvalue weighted by Gasteiger charge is 2.33. The lowest BCUT2D eigenvalue weighted by molar-refractivity contribution is -0.172. The molecule has 2 aromatic heterocycles. The summed E-state index contributed by atoms with van der Waals surface area (Å²) in [6, 6.07) is 7.32. The first-order valence-corrected chi connectivity index (χ1v) is 8.41. The summed E-state index contributed by atoms with van der Waals surface area (Å²) in [6.45, 7) is 0. The first kappa shape index (κ1) is 14.4. The number of hydrogen-bond acceptors (Lipinski definition) is 6. The average Bonchev–Trinajstić information content (AvgIpc) is 3.15. The van der Waals surface area contributed by atoms with Gasteiger partial charge in [0.05, 0.1) is 3.79 Å². The van der Waals surface area contributed by atoms with Crippen molar-refractivity contribution in [3.8, 4) is 9.75 Å². The third-order valence-corrected chi connectivity index (χ3v) is 5.69. The molecule has 3 rings (SSSR count). The zero-order chi connectivity index (χ0) is 15.0. The number of hydrogen-bond donors (Lipinski definition) is 0. The molecule has 108 valence electrons.